The van der Waals surface area contributed by atoms with Crippen molar-refractivity contribution in [3.8, 4) is 33.6 Å². The molecule has 3 atom stereocenters. The van der Waals surface area contributed by atoms with E-state index in [1.807, 2.05) is 31.1 Å². The van der Waals surface area contributed by atoms with Crippen LogP contribution in [0.5, 0.6) is 0 Å². The molecular weight excluding hydrogens is 607 g/mol. The summed E-state index contributed by atoms with van der Waals surface area (Å²) in [6.07, 6.45) is 7.27. The molecule has 234 valence electrons. The molecule has 2 amide bonds. The van der Waals surface area contributed by atoms with Gasteiger partial charge >= 0.3 is 6.09 Å². The fourth-order valence-corrected chi connectivity index (χ4v) is 8.89. The molecule has 4 N–H and O–H groups in total. The summed E-state index contributed by atoms with van der Waals surface area (Å²) in [5.74, 6) is 1.60. The lowest BCUT2D eigenvalue weighted by Crippen LogP contribution is -2.51. The molecule has 5 aromatic rings. The van der Waals surface area contributed by atoms with E-state index < -0.39 is 12.1 Å². The van der Waals surface area contributed by atoms with Gasteiger partial charge in [-0.1, -0.05) is 38.1 Å². The van der Waals surface area contributed by atoms with Crippen LogP contribution in [0.15, 0.2) is 47.4 Å². The average molecular weight is 644 g/mol. The third-order valence-electron chi connectivity index (χ3n) is 8.89. The van der Waals surface area contributed by atoms with Crippen LogP contribution < -0.4 is 10.6 Å². The van der Waals surface area contributed by atoms with Crippen molar-refractivity contribution in [2.24, 2.45) is 5.92 Å². The predicted octanol–water partition coefficient (Wildman–Crippen LogP) is 6.88. The van der Waals surface area contributed by atoms with Crippen molar-refractivity contribution < 1.29 is 14.3 Å². The Bertz CT molecular complexity index is 1810. The second-order valence-corrected chi connectivity index (χ2v) is 13.8. The van der Waals surface area contributed by atoms with Gasteiger partial charge in [0.15, 0.2) is 0 Å². The van der Waals surface area contributed by atoms with Gasteiger partial charge in [0.25, 0.3) is 0 Å². The number of carbonyl (C=O) groups excluding carboxylic acids is 2. The van der Waals surface area contributed by atoms with E-state index in [1.165, 1.54) is 39.6 Å². The maximum atomic E-state index is 13.5. The molecule has 0 spiro atoms. The fourth-order valence-electron chi connectivity index (χ4n) is 6.44. The molecule has 2 aliphatic heterocycles. The van der Waals surface area contributed by atoms with Crippen molar-refractivity contribution >= 4 is 44.1 Å². The number of thiophene rings is 2. The average Bonchev–Trinajstić information content (AvgIpc) is 3.87. The summed E-state index contributed by atoms with van der Waals surface area (Å²) in [4.78, 5) is 43.7. The smallest absolute Gasteiger partial charge is 0.407 e. The molecule has 2 aliphatic rings. The van der Waals surface area contributed by atoms with Crippen molar-refractivity contribution in [1.82, 2.24) is 35.5 Å². The van der Waals surface area contributed by atoms with Gasteiger partial charge in [0.1, 0.15) is 17.7 Å². The van der Waals surface area contributed by atoms with Crippen molar-refractivity contribution in [1.29, 1.82) is 0 Å². The minimum Gasteiger partial charge on any atom is -0.453 e. The van der Waals surface area contributed by atoms with Crippen LogP contribution in [0, 0.1) is 5.92 Å². The summed E-state index contributed by atoms with van der Waals surface area (Å²) in [6.45, 7) is 5.51. The van der Waals surface area contributed by atoms with Crippen LogP contribution in [0.2, 0.25) is 0 Å². The van der Waals surface area contributed by atoms with E-state index in [0.29, 0.717) is 12.6 Å². The topological polar surface area (TPSA) is 128 Å². The molecule has 1 unspecified atom stereocenters. The lowest BCUT2D eigenvalue weighted by molar-refractivity contribution is -0.135. The first-order valence-electron chi connectivity index (χ1n) is 15.5. The first kappa shape index (κ1) is 29.7. The van der Waals surface area contributed by atoms with Crippen LogP contribution in [-0.4, -0.2) is 63.1 Å². The number of amides is 2. The van der Waals surface area contributed by atoms with Crippen LogP contribution in [0.3, 0.4) is 0 Å². The minimum absolute atomic E-state index is 0.0776. The zero-order chi connectivity index (χ0) is 31.1. The Morgan fingerprint density at radius 2 is 1.78 bits per heavy atom. The Hall–Kier alpha value is -4.00. The molecule has 4 aromatic heterocycles. The molecule has 12 heteroatoms. The lowest BCUT2D eigenvalue weighted by atomic mass is 10.0. The molecule has 10 nitrogen and oxygen atoms in total. The van der Waals surface area contributed by atoms with Gasteiger partial charge in [-0.05, 0) is 43.7 Å². The number of hydrogen-bond donors (Lipinski definition) is 4. The van der Waals surface area contributed by atoms with Crippen LogP contribution in [0.1, 0.15) is 63.3 Å². The number of methoxy groups -OCH3 is 1. The monoisotopic (exact) mass is 643 g/mol. The molecule has 2 fully saturated rings. The zero-order valence-corrected chi connectivity index (χ0v) is 27.2. The molecule has 45 heavy (non-hydrogen) atoms. The van der Waals surface area contributed by atoms with E-state index in [-0.39, 0.29) is 17.9 Å². The Balaban J connectivity index is 1.07. The van der Waals surface area contributed by atoms with Crippen molar-refractivity contribution in [2.45, 2.75) is 57.7 Å². The summed E-state index contributed by atoms with van der Waals surface area (Å²) < 4.78 is 7.32. The summed E-state index contributed by atoms with van der Waals surface area (Å²) in [7, 11) is 1.30. The summed E-state index contributed by atoms with van der Waals surface area (Å²) >= 11 is 3.55. The molecule has 0 saturated carbocycles. The number of ether oxygens (including phenoxy) is 1. The quantitative estimate of drug-likeness (QED) is 0.146. The second kappa shape index (κ2) is 12.4. The number of rotatable bonds is 8. The molecule has 6 heterocycles. The van der Waals surface area contributed by atoms with Crippen molar-refractivity contribution in [3.63, 3.8) is 0 Å². The summed E-state index contributed by atoms with van der Waals surface area (Å²) in [5.41, 5.74) is 6.53. The van der Waals surface area contributed by atoms with Crippen LogP contribution in [-0.2, 0) is 9.53 Å². The lowest BCUT2D eigenvalue weighted by Gasteiger charge is -2.29. The number of likely N-dealkylation sites (tertiary alicyclic amines) is 1. The van der Waals surface area contributed by atoms with E-state index in [4.69, 9.17) is 9.72 Å². The molecule has 2 saturated heterocycles. The van der Waals surface area contributed by atoms with Crippen LogP contribution >= 0.6 is 22.7 Å². The first-order valence-corrected chi connectivity index (χ1v) is 17.3. The van der Waals surface area contributed by atoms with E-state index in [0.717, 1.165) is 54.4 Å². The van der Waals surface area contributed by atoms with Gasteiger partial charge in [-0.3, -0.25) is 4.79 Å². The standard InChI is InChI=1S/C33H37N7O3S2/c1-18(2)27(39-33(42)43-3)32(41)40-13-5-7-26(40)31-36-14-24(37-31)20-10-8-19(9-11-20)21-16-44-29-22(17-45-28(21)29)25-15-35-30(38-25)23-6-4-12-34-23/h8-11,14-18,23,26-27,34H,4-7,12-13H2,1-3H3,(H,35,38)(H,36,37)(H,39,42)/t23?,26-,27-/m0/s1. The maximum absolute atomic E-state index is 13.5. The minimum atomic E-state index is -0.658. The number of nitrogens with zero attached hydrogens (tertiary/aromatic N) is 3. The zero-order valence-electron chi connectivity index (χ0n) is 25.6. The van der Waals surface area contributed by atoms with Gasteiger partial charge < -0.3 is 30.2 Å². The first-order chi connectivity index (χ1) is 21.9. The highest BCUT2D eigenvalue weighted by Crippen LogP contribution is 2.44. The van der Waals surface area contributed by atoms with Crippen LogP contribution in [0.4, 0.5) is 4.79 Å². The number of nitrogens with one attached hydrogen (secondary N) is 4. The molecule has 0 bridgehead atoms. The van der Waals surface area contributed by atoms with Gasteiger partial charge in [-0.2, -0.15) is 0 Å². The van der Waals surface area contributed by atoms with Gasteiger partial charge in [0.2, 0.25) is 5.91 Å². The molecule has 7 rings (SSSR count). The SMILES string of the molecule is COC(=O)N[C@H](C(=O)N1CCC[C@H]1c1nc(-c2ccc(-c3csc4c(-c5cnc(C6CCCN6)[nH]5)csc34)cc2)c[nH]1)C(C)C. The number of aromatic nitrogens is 4. The highest BCUT2D eigenvalue weighted by atomic mass is 32.1. The largest absolute Gasteiger partial charge is 0.453 e. The Kier molecular flexibility index (Phi) is 8.19. The molecular formula is C33H37N7O3S2. The third kappa shape index (κ3) is 5.66. The highest BCUT2D eigenvalue weighted by molar-refractivity contribution is 7.27. The number of hydrogen-bond acceptors (Lipinski definition) is 8. The molecule has 0 radical (unpaired) electrons. The van der Waals surface area contributed by atoms with Gasteiger partial charge in [-0.15, -0.1) is 22.7 Å². The van der Waals surface area contributed by atoms with Crippen LogP contribution in [0.25, 0.3) is 43.0 Å². The van der Waals surface area contributed by atoms with Gasteiger partial charge in [-0.25, -0.2) is 14.8 Å². The number of imidazole rings is 2. The van der Waals surface area contributed by atoms with Gasteiger partial charge in [0, 0.05) is 40.2 Å². The third-order valence-corrected chi connectivity index (χ3v) is 11.0. The Labute approximate surface area is 269 Å². The van der Waals surface area contributed by atoms with E-state index in [1.54, 1.807) is 22.7 Å². The van der Waals surface area contributed by atoms with E-state index in [9.17, 15) is 9.59 Å². The second-order valence-electron chi connectivity index (χ2n) is 12.1. The predicted molar refractivity (Wildman–Crippen MR) is 178 cm³/mol. The fraction of sp³-hybridized carbons (Fsp3) is 0.394. The Morgan fingerprint density at radius 1 is 1.02 bits per heavy atom. The number of aromatic amines is 2. The number of alkyl carbamates (subject to hydrolysis) is 1. The van der Waals surface area contributed by atoms with Crippen molar-refractivity contribution in [2.75, 3.05) is 20.2 Å². The normalized spacial score (nSPS) is 19.1. The molecule has 0 aliphatic carbocycles. The summed E-state index contributed by atoms with van der Waals surface area (Å²) in [5, 5.41) is 10.7. The maximum Gasteiger partial charge on any atom is 0.407 e. The van der Waals surface area contributed by atoms with Gasteiger partial charge in [0.05, 0.1) is 46.2 Å². The number of carbonyl (C=O) groups is 2. The number of fused-ring (bicyclic) bond motifs is 1. The van der Waals surface area contributed by atoms with Crippen molar-refractivity contribution in [3.05, 3.63) is 59.1 Å². The number of benzene rings is 1. The highest BCUT2D eigenvalue weighted by Gasteiger charge is 2.37. The number of H-pyrrole nitrogens is 2. The summed E-state index contributed by atoms with van der Waals surface area (Å²) in [6, 6.07) is 8.02. The van der Waals surface area contributed by atoms with E-state index >= 15 is 0 Å². The molecule has 1 aromatic carbocycles. The van der Waals surface area contributed by atoms with E-state index in [2.05, 4.69) is 60.6 Å². The Morgan fingerprint density at radius 3 is 2.51 bits per heavy atom.